The van der Waals surface area contributed by atoms with Crippen molar-refractivity contribution in [3.8, 4) is 0 Å². The van der Waals surface area contributed by atoms with E-state index in [2.05, 4.69) is 83.6 Å². The van der Waals surface area contributed by atoms with Gasteiger partial charge in [0.15, 0.2) is 5.96 Å². The van der Waals surface area contributed by atoms with E-state index in [-0.39, 0.29) is 0 Å². The summed E-state index contributed by atoms with van der Waals surface area (Å²) in [5.74, 6) is 1.64. The lowest BCUT2D eigenvalue weighted by atomic mass is 9.97. The number of hydrogen-bond donors (Lipinski definition) is 2. The Hall–Kier alpha value is -1.59. The first-order valence-corrected chi connectivity index (χ1v) is 10.9. The van der Waals surface area contributed by atoms with Crippen LogP contribution in [0.25, 0.3) is 0 Å². The minimum Gasteiger partial charge on any atom is -0.356 e. The van der Waals surface area contributed by atoms with Crippen molar-refractivity contribution in [3.63, 3.8) is 0 Å². The second-order valence-electron chi connectivity index (χ2n) is 8.52. The molecule has 1 aliphatic heterocycles. The monoisotopic (exact) mass is 387 g/mol. The summed E-state index contributed by atoms with van der Waals surface area (Å²) in [4.78, 5) is 9.41. The molecule has 1 aliphatic rings. The van der Waals surface area contributed by atoms with Gasteiger partial charge in [0.2, 0.25) is 0 Å². The first-order valence-electron chi connectivity index (χ1n) is 10.9. The van der Waals surface area contributed by atoms with Crippen LogP contribution in [0.5, 0.6) is 0 Å². The Balaban J connectivity index is 1.66. The average Bonchev–Trinajstić information content (AvgIpc) is 2.71. The summed E-state index contributed by atoms with van der Waals surface area (Å²) in [6.07, 6.45) is 3.71. The lowest BCUT2D eigenvalue weighted by molar-refractivity contribution is 0.141. The molecule has 2 N–H and O–H groups in total. The van der Waals surface area contributed by atoms with E-state index in [0.29, 0.717) is 18.0 Å². The third-order valence-corrected chi connectivity index (χ3v) is 5.94. The highest BCUT2D eigenvalue weighted by molar-refractivity contribution is 5.79. The van der Waals surface area contributed by atoms with Gasteiger partial charge in [-0.2, -0.15) is 0 Å². The summed E-state index contributed by atoms with van der Waals surface area (Å²) in [5, 5.41) is 7.03. The Morgan fingerprint density at radius 1 is 1.21 bits per heavy atom. The van der Waals surface area contributed by atoms with Gasteiger partial charge >= 0.3 is 0 Å². The van der Waals surface area contributed by atoms with Gasteiger partial charge in [-0.25, -0.2) is 0 Å². The number of aliphatic imine (C=N–C) groups is 1. The zero-order valence-electron chi connectivity index (χ0n) is 18.6. The summed E-state index contributed by atoms with van der Waals surface area (Å²) >= 11 is 0. The smallest absolute Gasteiger partial charge is 0.190 e. The minimum absolute atomic E-state index is 0.517. The third-order valence-electron chi connectivity index (χ3n) is 5.94. The van der Waals surface area contributed by atoms with E-state index >= 15 is 0 Å². The van der Waals surface area contributed by atoms with Crippen molar-refractivity contribution in [3.05, 3.63) is 35.9 Å². The fourth-order valence-corrected chi connectivity index (χ4v) is 3.84. The number of likely N-dealkylation sites (tertiary alicyclic amines) is 1. The number of guanidine groups is 1. The van der Waals surface area contributed by atoms with E-state index in [1.54, 1.807) is 0 Å². The van der Waals surface area contributed by atoms with Gasteiger partial charge in [0.05, 0.1) is 0 Å². The van der Waals surface area contributed by atoms with Gasteiger partial charge in [-0.1, -0.05) is 30.3 Å². The van der Waals surface area contributed by atoms with Crippen molar-refractivity contribution in [2.75, 3.05) is 40.3 Å². The molecule has 2 rings (SSSR count). The molecule has 5 heteroatoms. The van der Waals surface area contributed by atoms with Crippen LogP contribution in [0.3, 0.4) is 0 Å². The van der Waals surface area contributed by atoms with E-state index in [4.69, 9.17) is 0 Å². The minimum atomic E-state index is 0.517. The normalized spacial score (nSPS) is 19.8. The average molecular weight is 388 g/mol. The molecule has 0 radical (unpaired) electrons. The molecule has 2 atom stereocenters. The van der Waals surface area contributed by atoms with Crippen LogP contribution in [0, 0.1) is 5.92 Å². The zero-order valence-corrected chi connectivity index (χ0v) is 18.6. The molecule has 28 heavy (non-hydrogen) atoms. The van der Waals surface area contributed by atoms with E-state index in [0.717, 1.165) is 32.0 Å². The van der Waals surface area contributed by atoms with Crippen LogP contribution >= 0.6 is 0 Å². The quantitative estimate of drug-likeness (QED) is 0.504. The van der Waals surface area contributed by atoms with Crippen molar-refractivity contribution in [1.29, 1.82) is 0 Å². The first kappa shape index (κ1) is 22.7. The molecule has 0 saturated carbocycles. The van der Waals surface area contributed by atoms with E-state index in [9.17, 15) is 0 Å². The van der Waals surface area contributed by atoms with E-state index < -0.39 is 0 Å². The maximum Gasteiger partial charge on any atom is 0.190 e. The largest absolute Gasteiger partial charge is 0.356 e. The number of rotatable bonds is 9. The van der Waals surface area contributed by atoms with Gasteiger partial charge in [0.25, 0.3) is 0 Å². The highest BCUT2D eigenvalue weighted by atomic mass is 15.2. The Morgan fingerprint density at radius 2 is 1.96 bits per heavy atom. The van der Waals surface area contributed by atoms with Crippen LogP contribution < -0.4 is 10.6 Å². The Labute approximate surface area is 172 Å². The Morgan fingerprint density at radius 3 is 2.64 bits per heavy atom. The summed E-state index contributed by atoms with van der Waals surface area (Å²) in [5.41, 5.74) is 1.37. The topological polar surface area (TPSA) is 42.9 Å². The molecular weight excluding hydrogens is 346 g/mol. The van der Waals surface area contributed by atoms with Gasteiger partial charge in [-0.05, 0) is 65.1 Å². The number of nitrogens with one attached hydrogen (secondary N) is 2. The van der Waals surface area contributed by atoms with Crippen LogP contribution in [-0.4, -0.2) is 68.1 Å². The highest BCUT2D eigenvalue weighted by Gasteiger charge is 2.21. The molecule has 158 valence electrons. The molecule has 2 unspecified atom stereocenters. The molecule has 1 aromatic carbocycles. The predicted octanol–water partition coefficient (Wildman–Crippen LogP) is 3.18. The summed E-state index contributed by atoms with van der Waals surface area (Å²) in [6, 6.07) is 11.8. The second-order valence-corrected chi connectivity index (χ2v) is 8.52. The van der Waals surface area contributed by atoms with E-state index in [1.807, 2.05) is 7.05 Å². The molecule has 0 aliphatic carbocycles. The molecular formula is C23H41N5. The molecule has 1 heterocycles. The molecule has 0 aromatic heterocycles. The van der Waals surface area contributed by atoms with Crippen molar-refractivity contribution in [2.45, 2.75) is 58.7 Å². The lowest BCUT2D eigenvalue weighted by Gasteiger charge is -2.35. The maximum absolute atomic E-state index is 4.40. The number of nitrogens with zero attached hydrogens (tertiary/aromatic N) is 3. The predicted molar refractivity (Wildman–Crippen MR) is 121 cm³/mol. The number of hydrogen-bond acceptors (Lipinski definition) is 3. The molecule has 1 fully saturated rings. The Kier molecular flexibility index (Phi) is 9.79. The van der Waals surface area contributed by atoms with Crippen molar-refractivity contribution < 1.29 is 0 Å². The van der Waals surface area contributed by atoms with Crippen molar-refractivity contribution >= 4 is 5.96 Å². The number of piperidine rings is 1. The standard InChI is InChI=1S/C23H41N5/c1-19(2)28-15-9-12-22(18-28)16-26-23(24-4)25-14-13-20(3)27(5)17-21-10-7-6-8-11-21/h6-8,10-11,19-20,22H,9,12-18H2,1-5H3,(H2,24,25,26). The molecule has 0 spiro atoms. The summed E-state index contributed by atoms with van der Waals surface area (Å²) in [6.45, 7) is 12.3. The summed E-state index contributed by atoms with van der Waals surface area (Å²) in [7, 11) is 4.07. The molecule has 5 nitrogen and oxygen atoms in total. The molecule has 0 bridgehead atoms. The van der Waals surface area contributed by atoms with Crippen LogP contribution in [0.4, 0.5) is 0 Å². The van der Waals surface area contributed by atoms with Crippen LogP contribution in [0.1, 0.15) is 45.6 Å². The van der Waals surface area contributed by atoms with Crippen LogP contribution in [0.15, 0.2) is 35.3 Å². The highest BCUT2D eigenvalue weighted by Crippen LogP contribution is 2.17. The lowest BCUT2D eigenvalue weighted by Crippen LogP contribution is -2.46. The maximum atomic E-state index is 4.40. The van der Waals surface area contributed by atoms with Gasteiger partial charge in [0.1, 0.15) is 0 Å². The van der Waals surface area contributed by atoms with Crippen molar-refractivity contribution in [1.82, 2.24) is 20.4 Å². The van der Waals surface area contributed by atoms with E-state index in [1.165, 1.54) is 31.5 Å². The van der Waals surface area contributed by atoms with Gasteiger partial charge in [-0.15, -0.1) is 0 Å². The second kappa shape index (κ2) is 12.1. The SMILES string of the molecule is CN=C(NCCC(C)N(C)Cc1ccccc1)NCC1CCCN(C(C)C)C1. The molecule has 0 amide bonds. The fraction of sp³-hybridized carbons (Fsp3) is 0.696. The summed E-state index contributed by atoms with van der Waals surface area (Å²) < 4.78 is 0. The molecule has 1 aromatic rings. The zero-order chi connectivity index (χ0) is 20.4. The molecule has 1 saturated heterocycles. The first-order chi connectivity index (χ1) is 13.5. The van der Waals surface area contributed by atoms with Crippen LogP contribution in [0.2, 0.25) is 0 Å². The Bertz CT molecular complexity index is 572. The third kappa shape index (κ3) is 7.80. The van der Waals surface area contributed by atoms with Crippen molar-refractivity contribution in [2.24, 2.45) is 10.9 Å². The van der Waals surface area contributed by atoms with Gasteiger partial charge in [-0.3, -0.25) is 9.89 Å². The van der Waals surface area contributed by atoms with Crippen LogP contribution in [-0.2, 0) is 6.54 Å². The van der Waals surface area contributed by atoms with Gasteiger partial charge < -0.3 is 15.5 Å². The fourth-order valence-electron chi connectivity index (χ4n) is 3.84. The number of benzene rings is 1. The van der Waals surface area contributed by atoms with Gasteiger partial charge in [0, 0.05) is 45.3 Å².